The average molecular weight is 294 g/mol. The smallest absolute Gasteiger partial charge is 0.216 e. The van der Waals surface area contributed by atoms with Gasteiger partial charge in [0.15, 0.2) is 0 Å². The lowest BCUT2D eigenvalue weighted by Crippen LogP contribution is -2.30. The van der Waals surface area contributed by atoms with E-state index in [1.54, 1.807) is 7.11 Å². The van der Waals surface area contributed by atoms with Crippen LogP contribution in [0.1, 0.15) is 84.3 Å². The van der Waals surface area contributed by atoms with E-state index in [1.165, 1.54) is 57.8 Å². The van der Waals surface area contributed by atoms with E-state index >= 15 is 0 Å². The first-order valence-corrected chi connectivity index (χ1v) is 8.67. The third-order valence-corrected chi connectivity index (χ3v) is 4.56. The van der Waals surface area contributed by atoms with Crippen LogP contribution < -0.4 is 4.74 Å². The number of aromatic nitrogens is 2. The van der Waals surface area contributed by atoms with Crippen LogP contribution in [0.5, 0.6) is 5.88 Å². The van der Waals surface area contributed by atoms with Crippen LogP contribution in [-0.4, -0.2) is 16.7 Å². The second-order valence-electron chi connectivity index (χ2n) is 6.47. The first kappa shape index (κ1) is 18.1. The van der Waals surface area contributed by atoms with Crippen molar-refractivity contribution in [1.82, 2.24) is 9.55 Å². The molecular weight excluding hydrogens is 260 g/mol. The van der Waals surface area contributed by atoms with Crippen LogP contribution in [0.15, 0.2) is 6.33 Å². The van der Waals surface area contributed by atoms with Crippen molar-refractivity contribution >= 4 is 0 Å². The van der Waals surface area contributed by atoms with Crippen molar-refractivity contribution in [3.63, 3.8) is 0 Å². The molecule has 0 aliphatic carbocycles. The maximum absolute atomic E-state index is 5.59. The summed E-state index contributed by atoms with van der Waals surface area (Å²) in [7, 11) is 1.75. The summed E-state index contributed by atoms with van der Waals surface area (Å²) in [5, 5.41) is 0. The lowest BCUT2D eigenvalue weighted by molar-refractivity contribution is 0.223. The lowest BCUT2D eigenvalue weighted by atomic mass is 9.88. The normalized spacial score (nSPS) is 14.1. The highest BCUT2D eigenvalue weighted by molar-refractivity contribution is 5.20. The fraction of sp³-hybridized carbons (Fsp3) is 0.833. The van der Waals surface area contributed by atoms with Crippen LogP contribution in [-0.2, 0) is 5.54 Å². The molecule has 1 aromatic rings. The van der Waals surface area contributed by atoms with E-state index < -0.39 is 0 Å². The van der Waals surface area contributed by atoms with Gasteiger partial charge in [-0.15, -0.1) is 0 Å². The third kappa shape index (κ3) is 5.05. The molecule has 3 nitrogen and oxygen atoms in total. The zero-order valence-electron chi connectivity index (χ0n) is 14.7. The molecule has 0 bridgehead atoms. The van der Waals surface area contributed by atoms with Crippen molar-refractivity contribution in [2.45, 2.75) is 91.0 Å². The standard InChI is InChI=1S/C18H34N2O/c1-6-8-10-11-12-14-18(4,13-9-7-2)20-15-19-16(3)17(20)21-5/h15H,6-14H2,1-5H3. The van der Waals surface area contributed by atoms with E-state index in [-0.39, 0.29) is 5.54 Å². The molecule has 0 saturated heterocycles. The third-order valence-electron chi connectivity index (χ3n) is 4.56. The maximum atomic E-state index is 5.59. The number of hydrogen-bond donors (Lipinski definition) is 0. The highest BCUT2D eigenvalue weighted by Gasteiger charge is 2.28. The number of ether oxygens (including phenoxy) is 1. The Balaban J connectivity index is 2.76. The minimum atomic E-state index is 0.134. The Morgan fingerprint density at radius 2 is 1.67 bits per heavy atom. The van der Waals surface area contributed by atoms with Crippen molar-refractivity contribution in [3.05, 3.63) is 12.0 Å². The molecule has 0 radical (unpaired) electrons. The Morgan fingerprint density at radius 3 is 2.29 bits per heavy atom. The number of aryl methyl sites for hydroxylation is 1. The summed E-state index contributed by atoms with van der Waals surface area (Å²) < 4.78 is 7.86. The Bertz CT molecular complexity index is 400. The molecule has 0 spiro atoms. The van der Waals surface area contributed by atoms with E-state index in [2.05, 4.69) is 30.3 Å². The predicted octanol–water partition coefficient (Wildman–Crippen LogP) is 5.47. The Morgan fingerprint density at radius 1 is 1.05 bits per heavy atom. The van der Waals surface area contributed by atoms with E-state index in [9.17, 15) is 0 Å². The van der Waals surface area contributed by atoms with E-state index in [4.69, 9.17) is 4.74 Å². The Labute approximate surface area is 131 Å². The first-order valence-electron chi connectivity index (χ1n) is 8.67. The Hall–Kier alpha value is -0.990. The van der Waals surface area contributed by atoms with Gasteiger partial charge in [-0.2, -0.15) is 0 Å². The van der Waals surface area contributed by atoms with Crippen molar-refractivity contribution in [3.8, 4) is 5.88 Å². The molecule has 0 saturated carbocycles. The molecule has 0 aliphatic rings. The molecule has 1 atom stereocenters. The van der Waals surface area contributed by atoms with Crippen molar-refractivity contribution in [1.29, 1.82) is 0 Å². The van der Waals surface area contributed by atoms with Gasteiger partial charge >= 0.3 is 0 Å². The maximum Gasteiger partial charge on any atom is 0.216 e. The summed E-state index contributed by atoms with van der Waals surface area (Å²) in [6, 6.07) is 0. The number of unbranched alkanes of at least 4 members (excludes halogenated alkanes) is 5. The van der Waals surface area contributed by atoms with Gasteiger partial charge in [0, 0.05) is 5.54 Å². The van der Waals surface area contributed by atoms with Crippen LogP contribution in [0, 0.1) is 6.92 Å². The van der Waals surface area contributed by atoms with Gasteiger partial charge in [-0.05, 0) is 26.7 Å². The quantitative estimate of drug-likeness (QED) is 0.506. The molecule has 1 rings (SSSR count). The van der Waals surface area contributed by atoms with Gasteiger partial charge in [0.25, 0.3) is 0 Å². The fourth-order valence-corrected chi connectivity index (χ4v) is 3.09. The predicted molar refractivity (Wildman–Crippen MR) is 90.1 cm³/mol. The van der Waals surface area contributed by atoms with Gasteiger partial charge in [-0.1, -0.05) is 58.8 Å². The number of imidazole rings is 1. The van der Waals surface area contributed by atoms with Crippen LogP contribution in [0.2, 0.25) is 0 Å². The summed E-state index contributed by atoms with van der Waals surface area (Å²) in [5.74, 6) is 0.933. The number of rotatable bonds is 11. The lowest BCUT2D eigenvalue weighted by Gasteiger charge is -2.32. The molecule has 0 aliphatic heterocycles. The van der Waals surface area contributed by atoms with Gasteiger partial charge in [0.2, 0.25) is 5.88 Å². The van der Waals surface area contributed by atoms with Gasteiger partial charge < -0.3 is 4.74 Å². The van der Waals surface area contributed by atoms with Gasteiger partial charge in [-0.3, -0.25) is 4.57 Å². The molecule has 1 aromatic heterocycles. The van der Waals surface area contributed by atoms with E-state index in [0.717, 1.165) is 11.6 Å². The highest BCUT2D eigenvalue weighted by atomic mass is 16.5. The van der Waals surface area contributed by atoms with Gasteiger partial charge in [0.05, 0.1) is 19.1 Å². The molecule has 0 fully saturated rings. The summed E-state index contributed by atoms with van der Waals surface area (Å²) in [5.41, 5.74) is 1.13. The first-order chi connectivity index (χ1) is 10.1. The molecule has 1 heterocycles. The van der Waals surface area contributed by atoms with Crippen LogP contribution in [0.25, 0.3) is 0 Å². The average Bonchev–Trinajstić information content (AvgIpc) is 2.86. The van der Waals surface area contributed by atoms with Crippen molar-refractivity contribution in [2.24, 2.45) is 0 Å². The topological polar surface area (TPSA) is 27.1 Å². The SMILES string of the molecule is CCCCCCCC(C)(CCCC)n1cnc(C)c1OC. The van der Waals surface area contributed by atoms with Crippen molar-refractivity contribution < 1.29 is 4.74 Å². The molecule has 0 N–H and O–H groups in total. The minimum Gasteiger partial charge on any atom is -0.481 e. The highest BCUT2D eigenvalue weighted by Crippen LogP contribution is 2.34. The summed E-state index contributed by atoms with van der Waals surface area (Å²) in [6.45, 7) is 8.92. The second-order valence-corrected chi connectivity index (χ2v) is 6.47. The fourth-order valence-electron chi connectivity index (χ4n) is 3.09. The number of methoxy groups -OCH3 is 1. The van der Waals surface area contributed by atoms with Crippen LogP contribution >= 0.6 is 0 Å². The molecule has 0 amide bonds. The molecule has 122 valence electrons. The summed E-state index contributed by atoms with van der Waals surface area (Å²) in [4.78, 5) is 4.46. The van der Waals surface area contributed by atoms with Gasteiger partial charge in [-0.25, -0.2) is 4.98 Å². The molecule has 0 aromatic carbocycles. The Kier molecular flexibility index (Phi) is 7.84. The second kappa shape index (κ2) is 9.11. The minimum absolute atomic E-state index is 0.134. The zero-order valence-corrected chi connectivity index (χ0v) is 14.7. The molecular formula is C18H34N2O. The number of hydrogen-bond acceptors (Lipinski definition) is 2. The monoisotopic (exact) mass is 294 g/mol. The van der Waals surface area contributed by atoms with E-state index in [1.807, 2.05) is 13.3 Å². The van der Waals surface area contributed by atoms with Crippen LogP contribution in [0.4, 0.5) is 0 Å². The molecule has 21 heavy (non-hydrogen) atoms. The number of nitrogens with zero attached hydrogens (tertiary/aromatic N) is 2. The van der Waals surface area contributed by atoms with Gasteiger partial charge in [0.1, 0.15) is 0 Å². The molecule has 3 heteroatoms. The van der Waals surface area contributed by atoms with Crippen LogP contribution in [0.3, 0.4) is 0 Å². The largest absolute Gasteiger partial charge is 0.481 e. The summed E-state index contributed by atoms with van der Waals surface area (Å²) >= 11 is 0. The van der Waals surface area contributed by atoms with E-state index in [0.29, 0.717) is 0 Å². The van der Waals surface area contributed by atoms with Crippen molar-refractivity contribution in [2.75, 3.05) is 7.11 Å². The molecule has 1 unspecified atom stereocenters. The zero-order chi connectivity index (χ0) is 15.7. The summed E-state index contributed by atoms with van der Waals surface area (Å²) in [6.07, 6.45) is 13.5.